The van der Waals surface area contributed by atoms with Crippen molar-refractivity contribution in [2.24, 2.45) is 64.0 Å². The summed E-state index contributed by atoms with van der Waals surface area (Å²) in [6.45, 7) is 24.7. The molecule has 33 N–H and O–H groups in total. The van der Waals surface area contributed by atoms with Gasteiger partial charge in [-0.1, -0.05) is 82.1 Å². The van der Waals surface area contributed by atoms with E-state index in [4.69, 9.17) is 34.4 Å². The normalized spacial score (nSPS) is 15.6. The van der Waals surface area contributed by atoms with Gasteiger partial charge in [-0.3, -0.25) is 101 Å². The van der Waals surface area contributed by atoms with E-state index in [1.165, 1.54) is 60.2 Å². The summed E-state index contributed by atoms with van der Waals surface area (Å²) in [6, 6.07) is -23.2. The summed E-state index contributed by atoms with van der Waals surface area (Å²) in [5.41, 5.74) is 33.9. The number of thioether (sulfide) groups is 1. The number of carbonyl (C=O) groups is 21. The van der Waals surface area contributed by atoms with Gasteiger partial charge in [-0.2, -0.15) is 11.8 Å². The first-order chi connectivity index (χ1) is 64.4. The third-order valence-electron chi connectivity index (χ3n) is 22.3. The molecule has 0 radical (unpaired) electrons. The Bertz CT molecular complexity index is 3930. The van der Waals surface area contributed by atoms with Crippen molar-refractivity contribution in [1.82, 2.24) is 106 Å². The Balaban J connectivity index is 6.22. The van der Waals surface area contributed by atoms with Crippen LogP contribution in [0.5, 0.6) is 0 Å². The lowest BCUT2D eigenvalue weighted by Crippen LogP contribution is -2.61. The van der Waals surface area contributed by atoms with Crippen molar-refractivity contribution in [1.29, 1.82) is 0 Å². The Labute approximate surface area is 808 Å². The number of aliphatic hydroxyl groups excluding tert-OH is 1. The first-order valence-electron chi connectivity index (χ1n) is 47.3. The van der Waals surface area contributed by atoms with Crippen molar-refractivity contribution < 1.29 is 106 Å². The minimum atomic E-state index is -1.63. The van der Waals surface area contributed by atoms with Crippen molar-refractivity contribution in [3.05, 3.63) is 0 Å². The number of hydrogen-bond acceptors (Lipinski definition) is 28. The molecule has 0 aliphatic heterocycles. The molecule has 21 amide bonds. The average Bonchev–Trinajstić information content (AvgIpc) is 0.853. The van der Waals surface area contributed by atoms with Crippen LogP contribution in [0.15, 0.2) is 0 Å². The van der Waals surface area contributed by atoms with Crippen LogP contribution < -0.4 is 141 Å². The van der Waals surface area contributed by atoms with Gasteiger partial charge in [-0.15, -0.1) is 0 Å². The molecular formula is C88H162N26O22S. The Morgan fingerprint density at radius 2 is 0.526 bits per heavy atom. The molecule has 0 rings (SSSR count). The van der Waals surface area contributed by atoms with Crippen LogP contribution in [0.25, 0.3) is 0 Å². The predicted octanol–water partition coefficient (Wildman–Crippen LogP) is -7.37. The molecule has 48 nitrogen and oxygen atoms in total. The molecule has 0 aliphatic rings. The molecule has 0 bridgehead atoms. The van der Waals surface area contributed by atoms with Gasteiger partial charge in [0.15, 0.2) is 0 Å². The van der Waals surface area contributed by atoms with E-state index < -0.39 is 270 Å². The number of aliphatic hydroxyl groups is 1. The van der Waals surface area contributed by atoms with Crippen molar-refractivity contribution in [3.63, 3.8) is 0 Å². The summed E-state index contributed by atoms with van der Waals surface area (Å²) >= 11 is 1.41. The van der Waals surface area contributed by atoms with Gasteiger partial charge in [-0.05, 0) is 213 Å². The molecule has 0 heterocycles. The van der Waals surface area contributed by atoms with Gasteiger partial charge in [0.2, 0.25) is 124 Å². The zero-order valence-corrected chi connectivity index (χ0v) is 83.9. The lowest BCUT2D eigenvalue weighted by atomic mass is 9.97. The van der Waals surface area contributed by atoms with Crippen molar-refractivity contribution in [2.75, 3.05) is 64.4 Å². The number of unbranched alkanes of at least 4 members (excludes halogenated alkanes) is 4. The Morgan fingerprint density at radius 3 is 0.861 bits per heavy atom. The van der Waals surface area contributed by atoms with E-state index in [9.17, 15) is 106 Å². The highest BCUT2D eigenvalue weighted by molar-refractivity contribution is 7.98. The van der Waals surface area contributed by atoms with Crippen LogP contribution in [-0.4, -0.2) is 302 Å². The fraction of sp³-hybridized carbons (Fsp3) is 0.761. The Kier molecular flexibility index (Phi) is 62.6. The first-order valence-corrected chi connectivity index (χ1v) is 48.7. The maximum Gasteiger partial charge on any atom is 0.245 e. The minimum absolute atomic E-state index is 0.000966. The first kappa shape index (κ1) is 126. The van der Waals surface area contributed by atoms with Crippen molar-refractivity contribution in [3.8, 4) is 0 Å². The lowest BCUT2D eigenvalue weighted by Gasteiger charge is -2.29. The van der Waals surface area contributed by atoms with Gasteiger partial charge in [0.1, 0.15) is 109 Å². The van der Waals surface area contributed by atoms with E-state index in [1.807, 2.05) is 13.8 Å². The summed E-state index contributed by atoms with van der Waals surface area (Å²) in [5, 5.41) is 60.8. The molecule has 782 valence electrons. The Hall–Kier alpha value is -11.0. The lowest BCUT2D eigenvalue weighted by molar-refractivity contribution is -0.136. The SMILES string of the molecule is CC[C@H](C)[C@H](NC(=O)[C@H](C)NC(=O)CNC(=O)[C@H](C)NC(=O)[C@H](CCCCN)NC(=O)[C@H](CO)NC(=O)[C@H](C)NC(=O)[C@H](CCSC)NC(=O)CN)C(=O)N[C@@H](C)C(=O)NCC(=O)N[C@@H](CCCCN)C(=O)N[C@H](C(=O)N[C@@H](C)C(=O)N[C@@H](CCCCN)C(=O)N[C@H](C(=O)N[C@H](C)C(=O)N[C@@H](CC(C)C)C(=O)N[C@@H](CCCCN)C(=O)N[C@@H](C)C(=O)N[C@@H](CC(C)C)C(N)=O)C(C)C)[C@@H](C)CC. The molecule has 49 heteroatoms. The highest BCUT2D eigenvalue weighted by atomic mass is 32.2. The van der Waals surface area contributed by atoms with Gasteiger partial charge in [-0.25, -0.2) is 0 Å². The average molecular weight is 1970 g/mol. The predicted molar refractivity (Wildman–Crippen MR) is 513 cm³/mol. The minimum Gasteiger partial charge on any atom is -0.394 e. The number of carbonyl (C=O) groups excluding carboxylic acids is 21. The molecular weight excluding hydrogens is 1810 g/mol. The van der Waals surface area contributed by atoms with Crippen LogP contribution in [0.2, 0.25) is 0 Å². The number of nitrogens with two attached hydrogens (primary N) is 6. The number of rotatable bonds is 70. The van der Waals surface area contributed by atoms with Crippen LogP contribution in [0.1, 0.15) is 227 Å². The van der Waals surface area contributed by atoms with E-state index in [1.54, 1.807) is 61.6 Å². The molecule has 0 saturated carbocycles. The van der Waals surface area contributed by atoms with E-state index in [2.05, 4.69) is 106 Å². The van der Waals surface area contributed by atoms with Crippen LogP contribution in [0, 0.1) is 29.6 Å². The van der Waals surface area contributed by atoms with Crippen LogP contribution in [0.4, 0.5) is 0 Å². The Morgan fingerprint density at radius 1 is 0.270 bits per heavy atom. The fourth-order valence-electron chi connectivity index (χ4n) is 13.4. The topological polar surface area (TPSA) is 775 Å². The van der Waals surface area contributed by atoms with Crippen LogP contribution in [-0.2, 0) is 101 Å². The van der Waals surface area contributed by atoms with Crippen molar-refractivity contribution in [2.45, 2.75) is 336 Å². The smallest absolute Gasteiger partial charge is 0.245 e. The van der Waals surface area contributed by atoms with Gasteiger partial charge < -0.3 is 146 Å². The molecule has 0 aromatic rings. The van der Waals surface area contributed by atoms with Crippen LogP contribution in [0.3, 0.4) is 0 Å². The van der Waals surface area contributed by atoms with E-state index in [0.717, 1.165) is 0 Å². The van der Waals surface area contributed by atoms with Crippen molar-refractivity contribution >= 4 is 136 Å². The summed E-state index contributed by atoms with van der Waals surface area (Å²) in [4.78, 5) is 284. The summed E-state index contributed by atoms with van der Waals surface area (Å²) in [7, 11) is 0. The molecule has 137 heavy (non-hydrogen) atoms. The monoisotopic (exact) mass is 1970 g/mol. The third-order valence-corrected chi connectivity index (χ3v) is 22.9. The van der Waals surface area contributed by atoms with E-state index in [0.29, 0.717) is 70.0 Å². The zero-order valence-electron chi connectivity index (χ0n) is 83.1. The standard InChI is InChI=1S/C88H162N26O22S/c1-19-48(9)69(113-78(126)52(13)97-66(117)42-95-72(120)50(11)98-79(127)59(31-23-27-36-91)108-85(133)64(44-115)111-77(125)54(15)100-81(129)61(33-38-137-18)104-65(116)41-93)87(135)101-51(12)73(121)96-43-67(118)105-57(29-21-25-34-89)82(130)114-70(49(10)20-2)88(136)103-55(16)74(122)106-60(32-24-28-37-92)83(131)112-68(47(7)8)86(134)102-56(17)76(124)110-63(40-46(5)6)84(132)107-58(30-22-26-35-90)80(128)99-53(14)75(123)109-62(71(94)119)39-45(3)4/h45-64,68-70,115H,19-44,89-93H2,1-18H3,(H2,94,119)(H,95,120)(H,96,121)(H,97,117)(H,98,127)(H,99,128)(H,100,129)(H,101,135)(H,102,134)(H,103,136)(H,104,116)(H,105,118)(H,106,122)(H,107,132)(H,108,133)(H,109,123)(H,110,124)(H,111,125)(H,112,131)(H,113,126)(H,114,130)/t48-,49-,50-,51-,52-,53-,54-,55-,56+,57-,58-,59-,60-,61-,62-,63-,64-,68-,69-,70-/m0/s1. The summed E-state index contributed by atoms with van der Waals surface area (Å²) in [6.07, 6.45) is 6.08. The van der Waals surface area contributed by atoms with E-state index in [-0.39, 0.29) is 89.5 Å². The quantitative estimate of drug-likeness (QED) is 0.0252. The summed E-state index contributed by atoms with van der Waals surface area (Å²) < 4.78 is 0. The number of primary amides is 1. The molecule has 20 atom stereocenters. The molecule has 0 aliphatic carbocycles. The fourth-order valence-corrected chi connectivity index (χ4v) is 13.8. The molecule has 0 fully saturated rings. The molecule has 0 aromatic heterocycles. The highest BCUT2D eigenvalue weighted by Crippen LogP contribution is 2.16. The molecule has 0 unspecified atom stereocenters. The zero-order chi connectivity index (χ0) is 105. The maximum atomic E-state index is 14.3. The van der Waals surface area contributed by atoms with E-state index >= 15 is 0 Å². The number of nitrogens with one attached hydrogen (secondary N) is 20. The van der Waals surface area contributed by atoms with Gasteiger partial charge >= 0.3 is 0 Å². The second-order valence-corrected chi connectivity index (χ2v) is 36.6. The number of hydrogen-bond donors (Lipinski definition) is 27. The molecule has 0 aromatic carbocycles. The second kappa shape index (κ2) is 68.1. The molecule has 0 saturated heterocycles. The van der Waals surface area contributed by atoms with Gasteiger partial charge in [0.05, 0.1) is 26.2 Å². The maximum absolute atomic E-state index is 14.3. The van der Waals surface area contributed by atoms with Crippen LogP contribution >= 0.6 is 11.8 Å². The largest absolute Gasteiger partial charge is 0.394 e. The highest BCUT2D eigenvalue weighted by Gasteiger charge is 2.39. The second-order valence-electron chi connectivity index (χ2n) is 35.7. The molecule has 0 spiro atoms. The third kappa shape index (κ3) is 49.7. The van der Waals surface area contributed by atoms with Gasteiger partial charge in [0.25, 0.3) is 0 Å². The van der Waals surface area contributed by atoms with Gasteiger partial charge in [0, 0.05) is 0 Å². The number of amides is 21. The summed E-state index contributed by atoms with van der Waals surface area (Å²) in [5.74, 6) is -18.7.